The third-order valence-corrected chi connectivity index (χ3v) is 5.42. The van der Waals surface area contributed by atoms with E-state index in [9.17, 15) is 4.79 Å². The van der Waals surface area contributed by atoms with Crippen molar-refractivity contribution in [2.45, 2.75) is 32.7 Å². The monoisotopic (exact) mass is 386 g/mol. The molecule has 3 aromatic heterocycles. The van der Waals surface area contributed by atoms with Crippen molar-refractivity contribution in [2.24, 2.45) is 0 Å². The molecular weight excluding hydrogens is 364 g/mol. The van der Waals surface area contributed by atoms with Gasteiger partial charge in [0.25, 0.3) is 5.91 Å². The van der Waals surface area contributed by atoms with Crippen molar-refractivity contribution >= 4 is 22.6 Å². The first-order valence-electron chi connectivity index (χ1n) is 9.95. The second-order valence-electron chi connectivity index (χ2n) is 7.64. The molecule has 1 aliphatic rings. The summed E-state index contributed by atoms with van der Waals surface area (Å²) in [4.78, 5) is 20.4. The smallest absolute Gasteiger partial charge is 0.259 e. The molecule has 0 aliphatic carbocycles. The van der Waals surface area contributed by atoms with E-state index in [2.05, 4.69) is 25.0 Å². The van der Waals surface area contributed by atoms with Crippen molar-refractivity contribution in [2.75, 3.05) is 11.4 Å². The van der Waals surface area contributed by atoms with Crippen LogP contribution in [0.4, 0.5) is 5.69 Å². The number of amides is 1. The van der Waals surface area contributed by atoms with E-state index in [-0.39, 0.29) is 11.9 Å². The lowest BCUT2D eigenvalue weighted by Gasteiger charge is -2.29. The number of carbonyl (C=O) groups excluding carboxylic acids is 1. The number of hydrogen-bond donors (Lipinski definition) is 0. The van der Waals surface area contributed by atoms with E-state index in [0.717, 1.165) is 23.9 Å². The van der Waals surface area contributed by atoms with E-state index in [0.29, 0.717) is 29.2 Å². The van der Waals surface area contributed by atoms with E-state index in [4.69, 9.17) is 9.40 Å². The van der Waals surface area contributed by atoms with Crippen LogP contribution < -0.4 is 4.90 Å². The Kier molecular flexibility index (Phi) is 4.19. The number of fused-ring (bicyclic) bond motifs is 2. The molecule has 0 spiro atoms. The van der Waals surface area contributed by atoms with Gasteiger partial charge in [0.1, 0.15) is 5.69 Å². The molecule has 0 N–H and O–H groups in total. The standard InChI is InChI=1S/C23H22N4O2/c1-15(2)27-22-18(14-24-27)17(13-19(25-22)21-10-6-12-29-21)23(28)26-11-5-8-16-7-3-4-9-20(16)26/h3-4,6-7,9-10,12-15H,5,8,11H2,1-2H3. The molecule has 0 saturated carbocycles. The van der Waals surface area contributed by atoms with Crippen LogP contribution in [0.3, 0.4) is 0 Å². The average molecular weight is 386 g/mol. The van der Waals surface area contributed by atoms with Gasteiger partial charge in [-0.1, -0.05) is 18.2 Å². The van der Waals surface area contributed by atoms with Gasteiger partial charge in [-0.2, -0.15) is 5.10 Å². The lowest BCUT2D eigenvalue weighted by atomic mass is 10.00. The summed E-state index contributed by atoms with van der Waals surface area (Å²) in [6, 6.07) is 13.8. The third-order valence-electron chi connectivity index (χ3n) is 5.42. The molecular formula is C23H22N4O2. The van der Waals surface area contributed by atoms with Gasteiger partial charge in [0.15, 0.2) is 11.4 Å². The van der Waals surface area contributed by atoms with Crippen molar-refractivity contribution in [3.63, 3.8) is 0 Å². The molecule has 1 aliphatic heterocycles. The van der Waals surface area contributed by atoms with E-state index in [1.807, 2.05) is 46.0 Å². The number of furan rings is 1. The SMILES string of the molecule is CC(C)n1ncc2c(C(=O)N3CCCc4ccccc43)cc(-c3ccco3)nc21. The largest absolute Gasteiger partial charge is 0.463 e. The molecule has 5 rings (SSSR count). The van der Waals surface area contributed by atoms with Gasteiger partial charge in [-0.05, 0) is 56.5 Å². The Morgan fingerprint density at radius 3 is 2.83 bits per heavy atom. The maximum absolute atomic E-state index is 13.7. The molecule has 4 heterocycles. The minimum absolute atomic E-state index is 0.0272. The van der Waals surface area contributed by atoms with Crippen LogP contribution in [0, 0.1) is 0 Å². The highest BCUT2D eigenvalue weighted by Gasteiger charge is 2.27. The summed E-state index contributed by atoms with van der Waals surface area (Å²) in [6.07, 6.45) is 5.31. The van der Waals surface area contributed by atoms with Crippen molar-refractivity contribution < 1.29 is 9.21 Å². The third kappa shape index (κ3) is 2.92. The Hall–Kier alpha value is -3.41. The molecule has 146 valence electrons. The van der Waals surface area contributed by atoms with Crippen LogP contribution in [0.25, 0.3) is 22.5 Å². The zero-order chi connectivity index (χ0) is 20.0. The van der Waals surface area contributed by atoms with E-state index >= 15 is 0 Å². The van der Waals surface area contributed by atoms with Gasteiger partial charge in [0, 0.05) is 18.3 Å². The summed E-state index contributed by atoms with van der Waals surface area (Å²) >= 11 is 0. The summed E-state index contributed by atoms with van der Waals surface area (Å²) < 4.78 is 7.41. The van der Waals surface area contributed by atoms with Crippen LogP contribution >= 0.6 is 0 Å². The fourth-order valence-electron chi connectivity index (χ4n) is 4.01. The van der Waals surface area contributed by atoms with Crippen LogP contribution in [-0.4, -0.2) is 27.2 Å². The minimum Gasteiger partial charge on any atom is -0.463 e. The predicted octanol–water partition coefficient (Wildman–Crippen LogP) is 4.87. The lowest BCUT2D eigenvalue weighted by Crippen LogP contribution is -2.35. The normalized spacial score (nSPS) is 13.8. The summed E-state index contributed by atoms with van der Waals surface area (Å²) in [5, 5.41) is 5.27. The highest BCUT2D eigenvalue weighted by Crippen LogP contribution is 2.32. The number of aryl methyl sites for hydroxylation is 1. The maximum Gasteiger partial charge on any atom is 0.259 e. The van der Waals surface area contributed by atoms with Crippen LogP contribution in [0.2, 0.25) is 0 Å². The van der Waals surface area contributed by atoms with Gasteiger partial charge < -0.3 is 9.32 Å². The molecule has 0 fully saturated rings. The van der Waals surface area contributed by atoms with Crippen LogP contribution in [0.15, 0.2) is 59.3 Å². The number of carbonyl (C=O) groups is 1. The first-order valence-corrected chi connectivity index (χ1v) is 9.95. The molecule has 0 unspecified atom stereocenters. The van der Waals surface area contributed by atoms with Crippen LogP contribution in [0.1, 0.15) is 42.2 Å². The Morgan fingerprint density at radius 2 is 2.03 bits per heavy atom. The highest BCUT2D eigenvalue weighted by molar-refractivity contribution is 6.14. The number of aromatic nitrogens is 3. The van der Waals surface area contributed by atoms with Gasteiger partial charge in [-0.25, -0.2) is 9.67 Å². The quantitative estimate of drug-likeness (QED) is 0.504. The molecule has 0 saturated heterocycles. The highest BCUT2D eigenvalue weighted by atomic mass is 16.3. The first kappa shape index (κ1) is 17.7. The van der Waals surface area contributed by atoms with Crippen LogP contribution in [-0.2, 0) is 6.42 Å². The Balaban J connectivity index is 1.69. The molecule has 6 nitrogen and oxygen atoms in total. The predicted molar refractivity (Wildman–Crippen MR) is 112 cm³/mol. The van der Waals surface area contributed by atoms with Gasteiger partial charge in [0.05, 0.1) is 23.4 Å². The number of benzene rings is 1. The van der Waals surface area contributed by atoms with Gasteiger partial charge in [-0.15, -0.1) is 0 Å². The fraction of sp³-hybridized carbons (Fsp3) is 0.261. The summed E-state index contributed by atoms with van der Waals surface area (Å²) in [7, 11) is 0. The van der Waals surface area contributed by atoms with Crippen molar-refractivity contribution in [3.8, 4) is 11.5 Å². The summed E-state index contributed by atoms with van der Waals surface area (Å²) in [5.74, 6) is 0.608. The minimum atomic E-state index is -0.0272. The Labute approximate surface area is 168 Å². The molecule has 0 atom stereocenters. The summed E-state index contributed by atoms with van der Waals surface area (Å²) in [6.45, 7) is 4.81. The number of rotatable bonds is 3. The molecule has 0 bridgehead atoms. The molecule has 1 amide bonds. The molecule has 6 heteroatoms. The number of anilines is 1. The number of hydrogen-bond acceptors (Lipinski definition) is 4. The second-order valence-corrected chi connectivity index (χ2v) is 7.64. The lowest BCUT2D eigenvalue weighted by molar-refractivity contribution is 0.0986. The van der Waals surface area contributed by atoms with E-state index in [1.54, 1.807) is 12.5 Å². The van der Waals surface area contributed by atoms with Crippen LogP contribution in [0.5, 0.6) is 0 Å². The van der Waals surface area contributed by atoms with Crippen molar-refractivity contribution in [1.29, 1.82) is 0 Å². The Bertz CT molecular complexity index is 1190. The second kappa shape index (κ2) is 6.88. The summed E-state index contributed by atoms with van der Waals surface area (Å²) in [5.41, 5.74) is 4.14. The first-order chi connectivity index (χ1) is 14.1. The average Bonchev–Trinajstić information content (AvgIpc) is 3.42. The molecule has 29 heavy (non-hydrogen) atoms. The van der Waals surface area contributed by atoms with Crippen molar-refractivity contribution in [1.82, 2.24) is 14.8 Å². The van der Waals surface area contributed by atoms with E-state index in [1.165, 1.54) is 5.56 Å². The number of pyridine rings is 1. The zero-order valence-corrected chi connectivity index (χ0v) is 16.5. The molecule has 0 radical (unpaired) electrons. The molecule has 1 aromatic carbocycles. The van der Waals surface area contributed by atoms with E-state index < -0.39 is 0 Å². The maximum atomic E-state index is 13.7. The van der Waals surface area contributed by atoms with Crippen molar-refractivity contribution in [3.05, 3.63) is 66.1 Å². The van der Waals surface area contributed by atoms with Gasteiger partial charge >= 0.3 is 0 Å². The number of para-hydroxylation sites is 1. The molecule has 4 aromatic rings. The fourth-order valence-corrected chi connectivity index (χ4v) is 4.01. The van der Waals surface area contributed by atoms with Gasteiger partial charge in [0.2, 0.25) is 0 Å². The van der Waals surface area contributed by atoms with Gasteiger partial charge in [-0.3, -0.25) is 4.79 Å². The number of nitrogens with zero attached hydrogens (tertiary/aromatic N) is 4. The topological polar surface area (TPSA) is 64.2 Å². The Morgan fingerprint density at radius 1 is 1.17 bits per heavy atom. The zero-order valence-electron chi connectivity index (χ0n) is 16.5.